The number of rotatable bonds is 23. The quantitative estimate of drug-likeness (QED) is 0.0450. The average molecular weight is 1220 g/mol. The van der Waals surface area contributed by atoms with Crippen molar-refractivity contribution in [3.05, 3.63) is 113 Å². The largest absolute Gasteiger partial charge is 0.497 e. The van der Waals surface area contributed by atoms with Crippen molar-refractivity contribution in [2.75, 3.05) is 104 Å². The molecule has 3 aromatic carbocycles. The summed E-state index contributed by atoms with van der Waals surface area (Å²) in [6.45, 7) is 18.4. The maximum absolute atomic E-state index is 14.7. The van der Waals surface area contributed by atoms with E-state index in [1.165, 1.54) is 11.2 Å². The number of ether oxygens (including phenoxy) is 5. The SMILES string of the molecule is CCOc1cc(OC)ccc1CN(CC(=O)N1CCCC(c2cccc(C(=O)NCCOCCC(=O)N3CCN(CC[C@H](NC(=O)C4(NC(=O)OC(C)(C)C)CCN(c5ncnc6[nH]ccc56)CC4)c4ccc(Cl)cc4)CC3)c2)C1)C(=O)OC(C)(C)C. The van der Waals surface area contributed by atoms with Crippen LogP contribution >= 0.6 is 11.6 Å². The Hall–Kier alpha value is -7.69. The van der Waals surface area contributed by atoms with Crippen LogP contribution in [0.5, 0.6) is 11.5 Å². The third-order valence-corrected chi connectivity index (χ3v) is 16.0. The lowest BCUT2D eigenvalue weighted by Gasteiger charge is -2.42. The zero-order valence-electron chi connectivity index (χ0n) is 51.6. The lowest BCUT2D eigenvalue weighted by molar-refractivity contribution is -0.134. The summed E-state index contributed by atoms with van der Waals surface area (Å²) in [6.07, 6.45) is 5.00. The second-order valence-electron chi connectivity index (χ2n) is 24.4. The number of aromatic amines is 1. The lowest BCUT2D eigenvalue weighted by Crippen LogP contribution is -2.64. The number of alkyl carbamates (subject to hydrolysis) is 1. The van der Waals surface area contributed by atoms with Crippen LogP contribution in [0.3, 0.4) is 0 Å². The van der Waals surface area contributed by atoms with Gasteiger partial charge >= 0.3 is 12.2 Å². The van der Waals surface area contributed by atoms with Crippen LogP contribution in [-0.2, 0) is 35.1 Å². The number of methoxy groups -OCH3 is 1. The molecule has 3 fully saturated rings. The molecule has 2 atom stereocenters. The van der Waals surface area contributed by atoms with Gasteiger partial charge in [0.05, 0.1) is 51.3 Å². The van der Waals surface area contributed by atoms with Gasteiger partial charge in [-0.3, -0.25) is 29.0 Å². The Morgan fingerprint density at radius 2 is 1.59 bits per heavy atom. The number of piperidine rings is 2. The van der Waals surface area contributed by atoms with Crippen molar-refractivity contribution >= 4 is 64.3 Å². The van der Waals surface area contributed by atoms with E-state index >= 15 is 0 Å². The van der Waals surface area contributed by atoms with Crippen LogP contribution in [0.25, 0.3) is 11.0 Å². The molecule has 470 valence electrons. The molecule has 0 radical (unpaired) electrons. The van der Waals surface area contributed by atoms with E-state index in [1.54, 1.807) is 83.9 Å². The fourth-order valence-corrected chi connectivity index (χ4v) is 11.3. The van der Waals surface area contributed by atoms with E-state index in [0.717, 1.165) is 40.8 Å². The van der Waals surface area contributed by atoms with Crippen molar-refractivity contribution in [3.63, 3.8) is 0 Å². The van der Waals surface area contributed by atoms with Crippen molar-refractivity contribution in [3.8, 4) is 11.5 Å². The van der Waals surface area contributed by atoms with Gasteiger partial charge in [0.2, 0.25) is 17.7 Å². The van der Waals surface area contributed by atoms with E-state index in [-0.39, 0.29) is 68.8 Å². The van der Waals surface area contributed by atoms with Gasteiger partial charge in [-0.2, -0.15) is 0 Å². The maximum Gasteiger partial charge on any atom is 0.411 e. The molecule has 0 spiro atoms. The summed E-state index contributed by atoms with van der Waals surface area (Å²) in [7, 11) is 1.57. The summed E-state index contributed by atoms with van der Waals surface area (Å²) in [5, 5.41) is 10.7. The van der Waals surface area contributed by atoms with E-state index in [1.807, 2.05) is 60.5 Å². The Bertz CT molecular complexity index is 3150. The van der Waals surface area contributed by atoms with Gasteiger partial charge in [-0.05, 0) is 134 Å². The zero-order chi connectivity index (χ0) is 62.3. The molecule has 0 bridgehead atoms. The molecule has 87 heavy (non-hydrogen) atoms. The number of likely N-dealkylation sites (tertiary alicyclic amines) is 1. The van der Waals surface area contributed by atoms with Gasteiger partial charge in [-0.15, -0.1) is 0 Å². The highest BCUT2D eigenvalue weighted by atomic mass is 35.5. The fourth-order valence-electron chi connectivity index (χ4n) is 11.2. The standard InChI is InChI=1S/C64H86ClN11O11/c1-9-85-53-39-50(83-8)20-17-48(53)41-76(61(82)87-63(5,6)7)42-55(78)75-28-11-14-47(40-75)45-12-10-13-46(38-45)58(79)67-27-37-84-36-23-54(77)73-34-32-72(33-35-73)29-22-52(44-15-18-49(65)19-16-44)70-59(80)64(71-60(81)86-62(2,3)4)24-30-74(31-25-64)57-51-21-26-66-56(51)68-43-69-57/h10,12-13,15-21,26,38-39,43,47,52H,9,11,14,22-25,27-37,40-42H2,1-8H3,(H,67,79)(H,70,80)(H,71,81)(H,66,68,69)/t47?,52-/m0/s1. The van der Waals surface area contributed by atoms with Gasteiger partial charge in [0.15, 0.2) is 0 Å². The smallest absolute Gasteiger partial charge is 0.411 e. The Morgan fingerprint density at radius 1 is 0.839 bits per heavy atom. The number of benzene rings is 3. The minimum absolute atomic E-state index is 0.0131. The van der Waals surface area contributed by atoms with Crippen LogP contribution in [0, 0.1) is 0 Å². The summed E-state index contributed by atoms with van der Waals surface area (Å²) in [6, 6.07) is 21.7. The predicted molar refractivity (Wildman–Crippen MR) is 331 cm³/mol. The second-order valence-corrected chi connectivity index (χ2v) is 24.8. The highest BCUT2D eigenvalue weighted by molar-refractivity contribution is 6.30. The number of carbonyl (C=O) groups excluding carboxylic acids is 6. The number of nitrogens with zero attached hydrogens (tertiary/aromatic N) is 7. The number of hydrogen-bond donors (Lipinski definition) is 4. The number of hydrogen-bond acceptors (Lipinski definition) is 15. The summed E-state index contributed by atoms with van der Waals surface area (Å²) in [5.74, 6) is 1.11. The number of aromatic nitrogens is 3. The summed E-state index contributed by atoms with van der Waals surface area (Å²) >= 11 is 6.33. The van der Waals surface area contributed by atoms with E-state index in [4.69, 9.17) is 35.3 Å². The first-order valence-electron chi connectivity index (χ1n) is 30.2. The third kappa shape index (κ3) is 18.4. The van der Waals surface area contributed by atoms with Gasteiger partial charge in [-0.25, -0.2) is 19.6 Å². The highest BCUT2D eigenvalue weighted by Crippen LogP contribution is 2.33. The molecular formula is C64H86ClN11O11. The molecule has 8 rings (SSSR count). The van der Waals surface area contributed by atoms with E-state index < -0.39 is 35.0 Å². The number of H-pyrrole nitrogens is 1. The van der Waals surface area contributed by atoms with Gasteiger partial charge in [0.1, 0.15) is 52.6 Å². The number of amides is 6. The first kappa shape index (κ1) is 65.3. The van der Waals surface area contributed by atoms with Crippen LogP contribution < -0.4 is 30.3 Å². The molecule has 1 unspecified atom stereocenters. The molecule has 5 heterocycles. The highest BCUT2D eigenvalue weighted by Gasteiger charge is 2.45. The van der Waals surface area contributed by atoms with Crippen LogP contribution in [0.1, 0.15) is 126 Å². The number of anilines is 1. The monoisotopic (exact) mass is 1220 g/mol. The third-order valence-electron chi connectivity index (χ3n) is 15.8. The molecule has 6 amide bonds. The Kier molecular flexibility index (Phi) is 22.4. The first-order valence-corrected chi connectivity index (χ1v) is 30.6. The molecule has 4 N–H and O–H groups in total. The Morgan fingerprint density at radius 3 is 2.30 bits per heavy atom. The second kappa shape index (κ2) is 29.8. The maximum atomic E-state index is 14.7. The number of halogens is 1. The van der Waals surface area contributed by atoms with E-state index in [9.17, 15) is 28.8 Å². The number of piperazine rings is 1. The molecule has 22 nitrogen and oxygen atoms in total. The summed E-state index contributed by atoms with van der Waals surface area (Å²) in [4.78, 5) is 104. The molecule has 23 heteroatoms. The van der Waals surface area contributed by atoms with Crippen molar-refractivity contribution < 1.29 is 52.5 Å². The van der Waals surface area contributed by atoms with Crippen LogP contribution in [0.4, 0.5) is 15.4 Å². The van der Waals surface area contributed by atoms with Gasteiger partial charge < -0.3 is 59.3 Å². The fraction of sp³-hybridized carbons (Fsp3) is 0.531. The van der Waals surface area contributed by atoms with Crippen LogP contribution in [0.2, 0.25) is 5.02 Å². The molecule has 3 aliphatic heterocycles. The van der Waals surface area contributed by atoms with Crippen LogP contribution in [-0.4, -0.2) is 186 Å². The normalized spacial score (nSPS) is 16.8. The average Bonchev–Trinajstić information content (AvgIpc) is 2.11. The number of fused-ring (bicyclic) bond motifs is 1. The number of carbonyl (C=O) groups is 6. The molecule has 0 aliphatic carbocycles. The molecule has 2 aromatic heterocycles. The summed E-state index contributed by atoms with van der Waals surface area (Å²) in [5.41, 5.74) is 0.904. The Labute approximate surface area is 515 Å². The molecular weight excluding hydrogens is 1130 g/mol. The van der Waals surface area contributed by atoms with Crippen molar-refractivity contribution in [1.82, 2.24) is 50.5 Å². The van der Waals surface area contributed by atoms with Crippen molar-refractivity contribution in [2.24, 2.45) is 0 Å². The van der Waals surface area contributed by atoms with Gasteiger partial charge in [0, 0.05) is 99.8 Å². The van der Waals surface area contributed by atoms with Crippen molar-refractivity contribution in [1.29, 1.82) is 0 Å². The predicted octanol–water partition coefficient (Wildman–Crippen LogP) is 8.25. The zero-order valence-corrected chi connectivity index (χ0v) is 52.3. The minimum Gasteiger partial charge on any atom is -0.497 e. The van der Waals surface area contributed by atoms with Crippen molar-refractivity contribution in [2.45, 2.75) is 122 Å². The molecule has 3 saturated heterocycles. The van der Waals surface area contributed by atoms with Gasteiger partial charge in [0.25, 0.3) is 5.91 Å². The van der Waals surface area contributed by atoms with Gasteiger partial charge in [-0.1, -0.05) is 35.9 Å². The van der Waals surface area contributed by atoms with E-state index in [0.29, 0.717) is 112 Å². The molecule has 3 aliphatic rings. The summed E-state index contributed by atoms with van der Waals surface area (Å²) < 4.78 is 28.5. The van der Waals surface area contributed by atoms with E-state index in [2.05, 4.69) is 40.7 Å². The first-order chi connectivity index (χ1) is 41.6. The topological polar surface area (TPSA) is 242 Å². The number of nitrogens with one attached hydrogen (secondary N) is 4. The van der Waals surface area contributed by atoms with Crippen LogP contribution in [0.15, 0.2) is 85.3 Å². The Balaban J connectivity index is 0.772. The molecule has 0 saturated carbocycles. The minimum atomic E-state index is -1.27. The molecule has 5 aromatic rings. The lowest BCUT2D eigenvalue weighted by atomic mass is 9.85.